The summed E-state index contributed by atoms with van der Waals surface area (Å²) in [4.78, 5) is 13.5. The van der Waals surface area contributed by atoms with Gasteiger partial charge < -0.3 is 5.32 Å². The molecule has 23 heavy (non-hydrogen) atoms. The Morgan fingerprint density at radius 2 is 2.30 bits per heavy atom. The number of aliphatic imine (C=N–C) groups is 1. The Balaban J connectivity index is 1.84. The van der Waals surface area contributed by atoms with E-state index in [9.17, 15) is 0 Å². The van der Waals surface area contributed by atoms with E-state index in [0.717, 1.165) is 52.1 Å². The number of aromatic nitrogens is 4. The smallest absolute Gasteiger partial charge is 0.180 e. The molecule has 3 aromatic heterocycles. The SMILES string of the molecule is CCc1cn2c(C3=CCN=C3)cnc2c(Nc2cc(C)ns2)n1. The number of nitrogens with zero attached hydrogens (tertiary/aromatic N) is 5. The lowest BCUT2D eigenvalue weighted by atomic mass is 10.2. The fourth-order valence-electron chi connectivity index (χ4n) is 2.57. The number of aryl methyl sites for hydroxylation is 2. The highest BCUT2D eigenvalue weighted by molar-refractivity contribution is 7.10. The number of hydrogen-bond donors (Lipinski definition) is 1. The van der Waals surface area contributed by atoms with Crippen molar-refractivity contribution in [1.29, 1.82) is 0 Å². The molecule has 0 atom stereocenters. The molecule has 0 radical (unpaired) electrons. The lowest BCUT2D eigenvalue weighted by Crippen LogP contribution is -2.03. The second-order valence-corrected chi connectivity index (χ2v) is 6.19. The number of rotatable bonds is 4. The number of anilines is 2. The minimum absolute atomic E-state index is 0.736. The quantitative estimate of drug-likeness (QED) is 0.800. The lowest BCUT2D eigenvalue weighted by molar-refractivity contribution is 0.981. The van der Waals surface area contributed by atoms with E-state index < -0.39 is 0 Å². The average molecular weight is 324 g/mol. The molecule has 0 saturated carbocycles. The summed E-state index contributed by atoms with van der Waals surface area (Å²) in [7, 11) is 0. The van der Waals surface area contributed by atoms with Gasteiger partial charge in [0.1, 0.15) is 5.00 Å². The van der Waals surface area contributed by atoms with E-state index in [0.29, 0.717) is 0 Å². The van der Waals surface area contributed by atoms with Gasteiger partial charge in [0.05, 0.1) is 29.8 Å². The molecule has 0 aliphatic carbocycles. The van der Waals surface area contributed by atoms with E-state index in [-0.39, 0.29) is 0 Å². The molecule has 116 valence electrons. The highest BCUT2D eigenvalue weighted by Crippen LogP contribution is 2.26. The predicted octanol–water partition coefficient (Wildman–Crippen LogP) is 3.27. The Hall–Kier alpha value is -2.54. The van der Waals surface area contributed by atoms with Crippen LogP contribution in [0.2, 0.25) is 0 Å². The summed E-state index contributed by atoms with van der Waals surface area (Å²) in [5.41, 5.74) is 4.96. The van der Waals surface area contributed by atoms with Crippen LogP contribution in [0.15, 0.2) is 29.5 Å². The van der Waals surface area contributed by atoms with Gasteiger partial charge in [0.2, 0.25) is 0 Å². The third-order valence-corrected chi connectivity index (χ3v) is 4.51. The minimum atomic E-state index is 0.736. The van der Waals surface area contributed by atoms with Crippen LogP contribution >= 0.6 is 11.5 Å². The van der Waals surface area contributed by atoms with Crippen molar-refractivity contribution in [3.63, 3.8) is 0 Å². The fourth-order valence-corrected chi connectivity index (χ4v) is 3.23. The van der Waals surface area contributed by atoms with Crippen LogP contribution in [0.4, 0.5) is 10.8 Å². The molecule has 6 nitrogen and oxygen atoms in total. The Bertz CT molecular complexity index is 933. The highest BCUT2D eigenvalue weighted by Gasteiger charge is 2.15. The standard InChI is InChI=1S/C16H16N6S/c1-3-12-9-22-13(11-4-5-17-7-11)8-18-16(22)15(19-12)20-14-6-10(2)21-23-14/h4,6-9H,3,5H2,1-2H3,(H,19,20). The van der Waals surface area contributed by atoms with E-state index in [4.69, 9.17) is 4.98 Å². The molecule has 0 unspecified atom stereocenters. The first-order valence-electron chi connectivity index (χ1n) is 7.52. The largest absolute Gasteiger partial charge is 0.328 e. The molecular weight excluding hydrogens is 308 g/mol. The van der Waals surface area contributed by atoms with Crippen LogP contribution in [-0.2, 0) is 6.42 Å². The second kappa shape index (κ2) is 5.58. The van der Waals surface area contributed by atoms with Gasteiger partial charge in [-0.2, -0.15) is 4.37 Å². The topological polar surface area (TPSA) is 67.5 Å². The van der Waals surface area contributed by atoms with Gasteiger partial charge in [-0.25, -0.2) is 9.97 Å². The zero-order valence-electron chi connectivity index (χ0n) is 12.9. The Kier molecular flexibility index (Phi) is 3.42. The summed E-state index contributed by atoms with van der Waals surface area (Å²) in [5.74, 6) is 0.759. The summed E-state index contributed by atoms with van der Waals surface area (Å²) in [6.45, 7) is 4.81. The van der Waals surface area contributed by atoms with E-state index >= 15 is 0 Å². The Labute approximate surface area is 137 Å². The Morgan fingerprint density at radius 3 is 3.00 bits per heavy atom. The molecule has 0 bridgehead atoms. The van der Waals surface area contributed by atoms with E-state index in [1.165, 1.54) is 11.5 Å². The zero-order chi connectivity index (χ0) is 15.8. The third-order valence-electron chi connectivity index (χ3n) is 3.72. The second-order valence-electron chi connectivity index (χ2n) is 5.38. The zero-order valence-corrected chi connectivity index (χ0v) is 13.8. The first-order chi connectivity index (χ1) is 11.2. The number of allylic oxidation sites excluding steroid dienone is 1. The number of fused-ring (bicyclic) bond motifs is 1. The molecule has 1 N–H and O–H groups in total. The summed E-state index contributed by atoms with van der Waals surface area (Å²) in [6.07, 6.45) is 8.79. The van der Waals surface area contributed by atoms with Crippen LogP contribution in [0, 0.1) is 6.92 Å². The van der Waals surface area contributed by atoms with Gasteiger partial charge in [-0.1, -0.05) is 13.0 Å². The van der Waals surface area contributed by atoms with Gasteiger partial charge in [0.25, 0.3) is 0 Å². The van der Waals surface area contributed by atoms with Crippen LogP contribution in [-0.4, -0.2) is 31.5 Å². The first-order valence-corrected chi connectivity index (χ1v) is 8.29. The molecule has 3 aromatic rings. The van der Waals surface area contributed by atoms with Crippen molar-refractivity contribution in [3.05, 3.63) is 41.6 Å². The Morgan fingerprint density at radius 1 is 1.39 bits per heavy atom. The molecule has 1 aliphatic heterocycles. The normalized spacial score (nSPS) is 13.7. The number of hydrogen-bond acceptors (Lipinski definition) is 6. The van der Waals surface area contributed by atoms with Crippen LogP contribution < -0.4 is 5.32 Å². The highest BCUT2D eigenvalue weighted by atomic mass is 32.1. The van der Waals surface area contributed by atoms with Gasteiger partial charge >= 0.3 is 0 Å². The van der Waals surface area contributed by atoms with Crippen molar-refractivity contribution in [1.82, 2.24) is 18.7 Å². The molecule has 0 saturated heterocycles. The maximum Gasteiger partial charge on any atom is 0.180 e. The van der Waals surface area contributed by atoms with Gasteiger partial charge in [0.15, 0.2) is 11.5 Å². The van der Waals surface area contributed by atoms with Crippen molar-refractivity contribution in [3.8, 4) is 0 Å². The monoisotopic (exact) mass is 324 g/mol. The van der Waals surface area contributed by atoms with Gasteiger partial charge in [0, 0.05) is 18.0 Å². The lowest BCUT2D eigenvalue weighted by Gasteiger charge is -2.08. The molecule has 7 heteroatoms. The maximum atomic E-state index is 4.70. The molecule has 4 rings (SSSR count). The maximum absolute atomic E-state index is 4.70. The molecule has 0 aromatic carbocycles. The molecule has 4 heterocycles. The third kappa shape index (κ3) is 2.53. The van der Waals surface area contributed by atoms with Crippen molar-refractivity contribution < 1.29 is 0 Å². The van der Waals surface area contributed by atoms with Crippen molar-refractivity contribution in [2.45, 2.75) is 20.3 Å². The number of imidazole rings is 1. The predicted molar refractivity (Wildman–Crippen MR) is 93.8 cm³/mol. The van der Waals surface area contributed by atoms with Crippen molar-refractivity contribution in [2.24, 2.45) is 4.99 Å². The van der Waals surface area contributed by atoms with Gasteiger partial charge in [-0.15, -0.1) is 0 Å². The van der Waals surface area contributed by atoms with Gasteiger partial charge in [-0.05, 0) is 30.9 Å². The van der Waals surface area contributed by atoms with E-state index in [2.05, 4.69) is 37.1 Å². The van der Waals surface area contributed by atoms with Crippen LogP contribution in [0.5, 0.6) is 0 Å². The van der Waals surface area contributed by atoms with Crippen LogP contribution in [0.1, 0.15) is 24.0 Å². The molecule has 0 spiro atoms. The molecule has 1 aliphatic rings. The first kappa shape index (κ1) is 14.1. The van der Waals surface area contributed by atoms with Crippen LogP contribution in [0.25, 0.3) is 11.2 Å². The van der Waals surface area contributed by atoms with E-state index in [1.807, 2.05) is 31.6 Å². The summed E-state index contributed by atoms with van der Waals surface area (Å²) in [5, 5.41) is 4.32. The van der Waals surface area contributed by atoms with Crippen LogP contribution in [0.3, 0.4) is 0 Å². The summed E-state index contributed by atoms with van der Waals surface area (Å²) >= 11 is 1.43. The summed E-state index contributed by atoms with van der Waals surface area (Å²) < 4.78 is 6.39. The number of nitrogens with one attached hydrogen (secondary N) is 1. The fraction of sp³-hybridized carbons (Fsp3) is 0.250. The van der Waals surface area contributed by atoms with Crippen molar-refractivity contribution >= 4 is 39.8 Å². The van der Waals surface area contributed by atoms with E-state index in [1.54, 1.807) is 0 Å². The minimum Gasteiger partial charge on any atom is -0.328 e. The summed E-state index contributed by atoms with van der Waals surface area (Å²) in [6, 6.07) is 2.01. The van der Waals surface area contributed by atoms with Crippen molar-refractivity contribution in [2.75, 3.05) is 11.9 Å². The molecule has 0 fully saturated rings. The molecular formula is C16H16N6S. The average Bonchev–Trinajstić information content (AvgIpc) is 3.27. The molecule has 0 amide bonds. The van der Waals surface area contributed by atoms with Gasteiger partial charge in [-0.3, -0.25) is 9.39 Å².